The van der Waals surface area contributed by atoms with Crippen molar-refractivity contribution in [3.8, 4) is 0 Å². The summed E-state index contributed by atoms with van der Waals surface area (Å²) in [6.07, 6.45) is 4.02. The molecule has 0 bridgehead atoms. The number of anilines is 1. The maximum atomic E-state index is 13.7. The standard InChI is InChI=1S/C15H20FN3O2/c1-2-11-5-3-4-8-19(11)15(21)18-10-6-7-12(14(17)20)13(16)9-10/h6-7,9,11H,2-5,8H2,1H3,(H2,17,20)(H,18,21)/t11-/m0/s1. The Bertz CT molecular complexity index is 548. The van der Waals surface area contributed by atoms with Gasteiger partial charge in [0.2, 0.25) is 0 Å². The van der Waals surface area contributed by atoms with Crippen molar-refractivity contribution in [3.63, 3.8) is 0 Å². The molecule has 0 radical (unpaired) electrons. The number of piperidine rings is 1. The quantitative estimate of drug-likeness (QED) is 0.899. The summed E-state index contributed by atoms with van der Waals surface area (Å²) in [5.74, 6) is -1.56. The number of nitrogens with one attached hydrogen (secondary N) is 1. The lowest BCUT2D eigenvalue weighted by atomic mass is 10.0. The van der Waals surface area contributed by atoms with E-state index in [0.717, 1.165) is 31.7 Å². The monoisotopic (exact) mass is 293 g/mol. The number of rotatable bonds is 3. The Kier molecular flexibility index (Phi) is 4.77. The predicted molar refractivity (Wildman–Crippen MR) is 78.6 cm³/mol. The van der Waals surface area contributed by atoms with Gasteiger partial charge in [0.15, 0.2) is 0 Å². The van der Waals surface area contributed by atoms with Gasteiger partial charge in [-0.1, -0.05) is 6.92 Å². The third kappa shape index (κ3) is 3.51. The topological polar surface area (TPSA) is 75.4 Å². The van der Waals surface area contributed by atoms with Gasteiger partial charge in [0.25, 0.3) is 5.91 Å². The molecule has 114 valence electrons. The number of carbonyl (C=O) groups excluding carboxylic acids is 2. The van der Waals surface area contributed by atoms with Gasteiger partial charge in [-0.15, -0.1) is 0 Å². The SMILES string of the molecule is CC[C@H]1CCCCN1C(=O)Nc1ccc(C(N)=O)c(F)c1. The van der Waals surface area contributed by atoms with Crippen LogP contribution in [0.1, 0.15) is 43.0 Å². The van der Waals surface area contributed by atoms with Gasteiger partial charge in [-0.05, 0) is 43.9 Å². The highest BCUT2D eigenvalue weighted by Crippen LogP contribution is 2.21. The summed E-state index contributed by atoms with van der Waals surface area (Å²) in [7, 11) is 0. The fraction of sp³-hybridized carbons (Fsp3) is 0.467. The summed E-state index contributed by atoms with van der Waals surface area (Å²) in [6.45, 7) is 2.77. The van der Waals surface area contributed by atoms with Crippen molar-refractivity contribution >= 4 is 17.6 Å². The number of nitrogens with two attached hydrogens (primary N) is 1. The number of hydrogen-bond acceptors (Lipinski definition) is 2. The molecule has 1 saturated heterocycles. The Morgan fingerprint density at radius 3 is 2.81 bits per heavy atom. The van der Waals surface area contributed by atoms with Gasteiger partial charge in [-0.2, -0.15) is 0 Å². The number of nitrogens with zero attached hydrogens (tertiary/aromatic N) is 1. The number of hydrogen-bond donors (Lipinski definition) is 2. The first-order chi connectivity index (χ1) is 10.0. The second-order valence-corrected chi connectivity index (χ2v) is 5.24. The van der Waals surface area contributed by atoms with Gasteiger partial charge in [0, 0.05) is 18.3 Å². The van der Waals surface area contributed by atoms with Gasteiger partial charge in [0.1, 0.15) is 5.82 Å². The number of halogens is 1. The molecule has 6 heteroatoms. The summed E-state index contributed by atoms with van der Waals surface area (Å²) in [5.41, 5.74) is 5.18. The van der Waals surface area contributed by atoms with Crippen molar-refractivity contribution in [2.75, 3.05) is 11.9 Å². The zero-order valence-electron chi connectivity index (χ0n) is 12.1. The van der Waals surface area contributed by atoms with Crippen LogP contribution in [0.15, 0.2) is 18.2 Å². The van der Waals surface area contributed by atoms with Gasteiger partial charge < -0.3 is 16.0 Å². The van der Waals surface area contributed by atoms with E-state index in [2.05, 4.69) is 12.2 Å². The molecule has 0 saturated carbocycles. The number of urea groups is 1. The normalized spacial score (nSPS) is 18.4. The predicted octanol–water partition coefficient (Wildman–Crippen LogP) is 2.72. The molecule has 0 spiro atoms. The lowest BCUT2D eigenvalue weighted by Gasteiger charge is -2.35. The van der Waals surface area contributed by atoms with Crippen LogP contribution < -0.4 is 11.1 Å². The van der Waals surface area contributed by atoms with Crippen molar-refractivity contribution in [3.05, 3.63) is 29.6 Å². The Morgan fingerprint density at radius 1 is 1.43 bits per heavy atom. The highest BCUT2D eigenvalue weighted by atomic mass is 19.1. The molecule has 0 aliphatic carbocycles. The fourth-order valence-corrected chi connectivity index (χ4v) is 2.68. The van der Waals surface area contributed by atoms with Gasteiger partial charge in [0.05, 0.1) is 5.56 Å². The lowest BCUT2D eigenvalue weighted by Crippen LogP contribution is -2.45. The van der Waals surface area contributed by atoms with E-state index in [-0.39, 0.29) is 17.6 Å². The first-order valence-electron chi connectivity index (χ1n) is 7.20. The molecule has 1 aliphatic rings. The van der Waals surface area contributed by atoms with Crippen molar-refractivity contribution in [1.82, 2.24) is 4.90 Å². The zero-order chi connectivity index (χ0) is 15.4. The third-order valence-corrected chi connectivity index (χ3v) is 3.85. The average molecular weight is 293 g/mol. The van der Waals surface area contributed by atoms with Crippen molar-refractivity contribution < 1.29 is 14.0 Å². The van der Waals surface area contributed by atoms with Crippen LogP contribution in [0.5, 0.6) is 0 Å². The van der Waals surface area contributed by atoms with E-state index in [0.29, 0.717) is 12.2 Å². The van der Waals surface area contributed by atoms with Crippen LogP contribution in [0.25, 0.3) is 0 Å². The van der Waals surface area contributed by atoms with E-state index in [1.807, 2.05) is 0 Å². The van der Waals surface area contributed by atoms with E-state index in [9.17, 15) is 14.0 Å². The van der Waals surface area contributed by atoms with Crippen molar-refractivity contribution in [2.45, 2.75) is 38.6 Å². The molecular formula is C15H20FN3O2. The van der Waals surface area contributed by atoms with Gasteiger partial charge in [-0.3, -0.25) is 4.79 Å². The number of amides is 3. The summed E-state index contributed by atoms with van der Waals surface area (Å²) in [6, 6.07) is 3.87. The largest absolute Gasteiger partial charge is 0.366 e. The molecule has 1 aromatic rings. The number of primary amides is 1. The fourth-order valence-electron chi connectivity index (χ4n) is 2.68. The number of likely N-dealkylation sites (tertiary alicyclic amines) is 1. The molecule has 0 unspecified atom stereocenters. The molecule has 3 amide bonds. The maximum Gasteiger partial charge on any atom is 0.322 e. The smallest absolute Gasteiger partial charge is 0.322 e. The Balaban J connectivity index is 2.08. The van der Waals surface area contributed by atoms with Crippen LogP contribution in [0.2, 0.25) is 0 Å². The van der Waals surface area contributed by atoms with Crippen LogP contribution in [-0.4, -0.2) is 29.4 Å². The molecule has 0 aromatic heterocycles. The Hall–Kier alpha value is -2.11. The van der Waals surface area contributed by atoms with Crippen LogP contribution in [0.4, 0.5) is 14.9 Å². The molecule has 1 heterocycles. The Morgan fingerprint density at radius 2 is 2.19 bits per heavy atom. The van der Waals surface area contributed by atoms with Crippen LogP contribution >= 0.6 is 0 Å². The van der Waals surface area contributed by atoms with E-state index in [1.165, 1.54) is 12.1 Å². The summed E-state index contributed by atoms with van der Waals surface area (Å²) < 4.78 is 13.7. The minimum absolute atomic E-state index is 0.183. The van der Waals surface area contributed by atoms with Gasteiger partial charge in [-0.25, -0.2) is 9.18 Å². The molecule has 5 nitrogen and oxygen atoms in total. The minimum Gasteiger partial charge on any atom is -0.366 e. The molecule has 1 aliphatic heterocycles. The summed E-state index contributed by atoms with van der Waals surface area (Å²) in [5, 5.41) is 2.68. The molecule has 1 fully saturated rings. The summed E-state index contributed by atoms with van der Waals surface area (Å²) >= 11 is 0. The van der Waals surface area contributed by atoms with E-state index >= 15 is 0 Å². The van der Waals surface area contributed by atoms with Crippen molar-refractivity contribution in [1.29, 1.82) is 0 Å². The minimum atomic E-state index is -0.826. The lowest BCUT2D eigenvalue weighted by molar-refractivity contribution is 0.0996. The molecule has 21 heavy (non-hydrogen) atoms. The third-order valence-electron chi connectivity index (χ3n) is 3.85. The molecule has 1 atom stereocenters. The van der Waals surface area contributed by atoms with Crippen molar-refractivity contribution in [2.24, 2.45) is 5.73 Å². The second kappa shape index (κ2) is 6.56. The first-order valence-corrected chi connectivity index (χ1v) is 7.20. The molecular weight excluding hydrogens is 273 g/mol. The van der Waals surface area contributed by atoms with E-state index in [1.54, 1.807) is 4.90 Å². The van der Waals surface area contributed by atoms with Gasteiger partial charge >= 0.3 is 6.03 Å². The Labute approximate surface area is 123 Å². The number of carbonyl (C=O) groups is 2. The number of benzene rings is 1. The highest BCUT2D eigenvalue weighted by Gasteiger charge is 2.25. The highest BCUT2D eigenvalue weighted by molar-refractivity contribution is 5.94. The first kappa shape index (κ1) is 15.3. The second-order valence-electron chi connectivity index (χ2n) is 5.24. The molecule has 3 N–H and O–H groups in total. The maximum absolute atomic E-state index is 13.7. The average Bonchev–Trinajstić information content (AvgIpc) is 2.46. The molecule has 2 rings (SSSR count). The van der Waals surface area contributed by atoms with Crippen LogP contribution in [0.3, 0.4) is 0 Å². The van der Waals surface area contributed by atoms with Crippen LogP contribution in [-0.2, 0) is 0 Å². The van der Waals surface area contributed by atoms with E-state index < -0.39 is 11.7 Å². The van der Waals surface area contributed by atoms with E-state index in [4.69, 9.17) is 5.73 Å². The van der Waals surface area contributed by atoms with Crippen LogP contribution in [0, 0.1) is 5.82 Å². The summed E-state index contributed by atoms with van der Waals surface area (Å²) in [4.78, 5) is 25.0. The molecule has 1 aromatic carbocycles. The zero-order valence-corrected chi connectivity index (χ0v) is 12.1.